The molecule has 1 fully saturated rings. The van der Waals surface area contributed by atoms with Crippen LogP contribution in [0.25, 0.3) is 0 Å². The molecular formula is C8H17NO2. The molecule has 66 valence electrons. The van der Waals surface area contributed by atoms with Crippen LogP contribution in [-0.2, 0) is 9.47 Å². The van der Waals surface area contributed by atoms with Crippen molar-refractivity contribution < 1.29 is 9.47 Å². The van der Waals surface area contributed by atoms with Gasteiger partial charge in [-0.3, -0.25) is 0 Å². The molecule has 1 saturated heterocycles. The van der Waals surface area contributed by atoms with Crippen LogP contribution in [0.15, 0.2) is 0 Å². The summed E-state index contributed by atoms with van der Waals surface area (Å²) >= 11 is 0. The maximum absolute atomic E-state index is 5.89. The molecule has 0 aromatic rings. The minimum Gasteiger partial charge on any atom is -0.376 e. The van der Waals surface area contributed by atoms with Crippen molar-refractivity contribution in [1.82, 2.24) is 0 Å². The summed E-state index contributed by atoms with van der Waals surface area (Å²) in [7, 11) is 0. The van der Waals surface area contributed by atoms with Gasteiger partial charge < -0.3 is 15.2 Å². The van der Waals surface area contributed by atoms with Gasteiger partial charge >= 0.3 is 0 Å². The van der Waals surface area contributed by atoms with Gasteiger partial charge in [0.1, 0.15) is 0 Å². The Bertz CT molecular complexity index is 111. The molecule has 1 rings (SSSR count). The van der Waals surface area contributed by atoms with Crippen LogP contribution in [0.3, 0.4) is 0 Å². The molecule has 0 aromatic heterocycles. The second-order valence-corrected chi connectivity index (χ2v) is 3.31. The van der Waals surface area contributed by atoms with Gasteiger partial charge in [-0.1, -0.05) is 13.8 Å². The highest BCUT2D eigenvalue weighted by molar-refractivity contribution is 4.77. The number of hydrogen-bond acceptors (Lipinski definition) is 3. The van der Waals surface area contributed by atoms with Gasteiger partial charge in [-0.05, 0) is 5.92 Å². The Kier molecular flexibility index (Phi) is 3.30. The average Bonchev–Trinajstić information content (AvgIpc) is 2.05. The Balaban J connectivity index is 2.32. The van der Waals surface area contributed by atoms with Crippen LogP contribution in [0.2, 0.25) is 0 Å². The standard InChI is InChI=1S/C8H17NO2/c1-6(2)8(9)7-5-10-3-4-11-7/h6-8H,3-5,9H2,1-2H3. The van der Waals surface area contributed by atoms with Crippen LogP contribution in [0, 0.1) is 5.92 Å². The van der Waals surface area contributed by atoms with Crippen LogP contribution in [0.4, 0.5) is 0 Å². The van der Waals surface area contributed by atoms with Crippen molar-refractivity contribution in [3.63, 3.8) is 0 Å². The molecule has 1 heterocycles. The largest absolute Gasteiger partial charge is 0.376 e. The van der Waals surface area contributed by atoms with E-state index in [9.17, 15) is 0 Å². The zero-order chi connectivity index (χ0) is 8.27. The van der Waals surface area contributed by atoms with Crippen molar-refractivity contribution in [3.8, 4) is 0 Å². The van der Waals surface area contributed by atoms with Crippen molar-refractivity contribution in [2.45, 2.75) is 26.0 Å². The Morgan fingerprint density at radius 3 is 2.55 bits per heavy atom. The van der Waals surface area contributed by atoms with E-state index in [1.165, 1.54) is 0 Å². The zero-order valence-corrected chi connectivity index (χ0v) is 7.25. The molecule has 2 atom stereocenters. The first-order valence-electron chi connectivity index (χ1n) is 4.16. The van der Waals surface area contributed by atoms with Gasteiger partial charge in [-0.25, -0.2) is 0 Å². The monoisotopic (exact) mass is 159 g/mol. The topological polar surface area (TPSA) is 44.5 Å². The summed E-state index contributed by atoms with van der Waals surface area (Å²) in [6, 6.07) is 0.107. The van der Waals surface area contributed by atoms with Crippen molar-refractivity contribution in [1.29, 1.82) is 0 Å². The third kappa shape index (κ3) is 2.43. The molecule has 1 aliphatic heterocycles. The Morgan fingerprint density at radius 1 is 1.36 bits per heavy atom. The van der Waals surface area contributed by atoms with E-state index in [4.69, 9.17) is 15.2 Å². The first-order chi connectivity index (χ1) is 5.22. The lowest BCUT2D eigenvalue weighted by Gasteiger charge is -2.30. The quantitative estimate of drug-likeness (QED) is 0.633. The molecule has 3 nitrogen and oxygen atoms in total. The molecule has 3 heteroatoms. The average molecular weight is 159 g/mol. The van der Waals surface area contributed by atoms with E-state index in [0.29, 0.717) is 25.7 Å². The summed E-state index contributed by atoms with van der Waals surface area (Å²) in [5.41, 5.74) is 5.89. The van der Waals surface area contributed by atoms with E-state index in [-0.39, 0.29) is 12.1 Å². The number of ether oxygens (including phenoxy) is 2. The molecule has 0 aliphatic carbocycles. The summed E-state index contributed by atoms with van der Waals surface area (Å²) in [6.45, 7) is 6.25. The van der Waals surface area contributed by atoms with Crippen molar-refractivity contribution in [3.05, 3.63) is 0 Å². The van der Waals surface area contributed by atoms with Gasteiger partial charge in [0.15, 0.2) is 0 Å². The first-order valence-corrected chi connectivity index (χ1v) is 4.16. The minimum atomic E-state index is 0.101. The minimum absolute atomic E-state index is 0.101. The number of rotatable bonds is 2. The van der Waals surface area contributed by atoms with Crippen molar-refractivity contribution in [2.75, 3.05) is 19.8 Å². The maximum Gasteiger partial charge on any atom is 0.0962 e. The smallest absolute Gasteiger partial charge is 0.0962 e. The lowest BCUT2D eigenvalue weighted by atomic mass is 10.00. The van der Waals surface area contributed by atoms with E-state index in [2.05, 4.69) is 13.8 Å². The fraction of sp³-hybridized carbons (Fsp3) is 1.00. The summed E-state index contributed by atoms with van der Waals surface area (Å²) in [6.07, 6.45) is 0.101. The van der Waals surface area contributed by atoms with Crippen LogP contribution < -0.4 is 5.73 Å². The molecule has 0 spiro atoms. The normalized spacial score (nSPS) is 28.9. The molecule has 11 heavy (non-hydrogen) atoms. The summed E-state index contributed by atoms with van der Waals surface area (Å²) in [5.74, 6) is 0.460. The molecule has 0 bridgehead atoms. The highest BCUT2D eigenvalue weighted by Crippen LogP contribution is 2.10. The van der Waals surface area contributed by atoms with Gasteiger partial charge in [-0.15, -0.1) is 0 Å². The van der Waals surface area contributed by atoms with Crippen LogP contribution in [0.1, 0.15) is 13.8 Å². The molecule has 2 N–H and O–H groups in total. The van der Waals surface area contributed by atoms with E-state index < -0.39 is 0 Å². The van der Waals surface area contributed by atoms with E-state index >= 15 is 0 Å². The first kappa shape index (κ1) is 8.97. The fourth-order valence-electron chi connectivity index (χ4n) is 1.16. The summed E-state index contributed by atoms with van der Waals surface area (Å²) in [5, 5.41) is 0. The highest BCUT2D eigenvalue weighted by atomic mass is 16.6. The fourth-order valence-corrected chi connectivity index (χ4v) is 1.16. The van der Waals surface area contributed by atoms with Crippen molar-refractivity contribution >= 4 is 0 Å². The Labute approximate surface area is 67.9 Å². The lowest BCUT2D eigenvalue weighted by Crippen LogP contribution is -2.46. The maximum atomic E-state index is 5.89. The third-order valence-electron chi connectivity index (χ3n) is 2.04. The lowest BCUT2D eigenvalue weighted by molar-refractivity contribution is -0.102. The van der Waals surface area contributed by atoms with Crippen LogP contribution >= 0.6 is 0 Å². The molecule has 2 unspecified atom stereocenters. The molecule has 0 radical (unpaired) electrons. The zero-order valence-electron chi connectivity index (χ0n) is 7.25. The predicted molar refractivity (Wildman–Crippen MR) is 43.4 cm³/mol. The Hall–Kier alpha value is -0.120. The molecule has 0 amide bonds. The van der Waals surface area contributed by atoms with E-state index in [1.807, 2.05) is 0 Å². The van der Waals surface area contributed by atoms with Crippen molar-refractivity contribution in [2.24, 2.45) is 11.7 Å². The predicted octanol–water partition coefficient (Wildman–Crippen LogP) is 0.385. The number of hydrogen-bond donors (Lipinski definition) is 1. The van der Waals surface area contributed by atoms with Gasteiger partial charge in [0.25, 0.3) is 0 Å². The Morgan fingerprint density at radius 2 is 2.09 bits per heavy atom. The second kappa shape index (κ2) is 4.04. The van der Waals surface area contributed by atoms with Gasteiger partial charge in [0, 0.05) is 6.04 Å². The molecule has 0 saturated carbocycles. The molecule has 0 aromatic carbocycles. The summed E-state index contributed by atoms with van der Waals surface area (Å²) in [4.78, 5) is 0. The second-order valence-electron chi connectivity index (χ2n) is 3.31. The van der Waals surface area contributed by atoms with Gasteiger partial charge in [0.2, 0.25) is 0 Å². The molecular weight excluding hydrogens is 142 g/mol. The van der Waals surface area contributed by atoms with Crippen LogP contribution in [0.5, 0.6) is 0 Å². The van der Waals surface area contributed by atoms with E-state index in [1.54, 1.807) is 0 Å². The van der Waals surface area contributed by atoms with E-state index in [0.717, 1.165) is 0 Å². The number of nitrogens with two attached hydrogens (primary N) is 1. The van der Waals surface area contributed by atoms with Crippen LogP contribution in [-0.4, -0.2) is 32.0 Å². The highest BCUT2D eigenvalue weighted by Gasteiger charge is 2.23. The third-order valence-corrected chi connectivity index (χ3v) is 2.04. The summed E-state index contributed by atoms with van der Waals surface area (Å²) < 4.78 is 10.7. The molecule has 1 aliphatic rings. The SMILES string of the molecule is CC(C)C(N)C1COCCO1. The van der Waals surface area contributed by atoms with Gasteiger partial charge in [0.05, 0.1) is 25.9 Å². The van der Waals surface area contributed by atoms with Gasteiger partial charge in [-0.2, -0.15) is 0 Å².